The van der Waals surface area contributed by atoms with Gasteiger partial charge in [0.25, 0.3) is 5.91 Å². The van der Waals surface area contributed by atoms with E-state index < -0.39 is 0 Å². The summed E-state index contributed by atoms with van der Waals surface area (Å²) in [7, 11) is 0. The third-order valence-corrected chi connectivity index (χ3v) is 5.61. The van der Waals surface area contributed by atoms with Crippen LogP contribution in [0.2, 0.25) is 0 Å². The van der Waals surface area contributed by atoms with E-state index >= 15 is 0 Å². The molecule has 0 unspecified atom stereocenters. The molecule has 0 N–H and O–H groups in total. The Morgan fingerprint density at radius 1 is 0.889 bits per heavy atom. The topological polar surface area (TPSA) is 39.7 Å². The van der Waals surface area contributed by atoms with Gasteiger partial charge < -0.3 is 14.7 Å². The highest BCUT2D eigenvalue weighted by Crippen LogP contribution is 2.21. The lowest BCUT2D eigenvalue weighted by atomic mass is 10.1. The molecule has 142 valence electrons. The molecular formula is C22H28N4O. The molecule has 2 fully saturated rings. The Hall–Kier alpha value is -2.56. The summed E-state index contributed by atoms with van der Waals surface area (Å²) in [4.78, 5) is 24.1. The first kappa shape index (κ1) is 17.8. The van der Waals surface area contributed by atoms with Crippen LogP contribution in [0.15, 0.2) is 42.6 Å². The number of piperidine rings is 1. The first-order valence-electron chi connectivity index (χ1n) is 10.0. The number of aromatic nitrogens is 1. The van der Waals surface area contributed by atoms with E-state index in [9.17, 15) is 4.79 Å². The predicted molar refractivity (Wildman–Crippen MR) is 110 cm³/mol. The van der Waals surface area contributed by atoms with Gasteiger partial charge in [-0.1, -0.05) is 12.1 Å². The van der Waals surface area contributed by atoms with E-state index in [0.717, 1.165) is 50.6 Å². The number of rotatable bonds is 3. The van der Waals surface area contributed by atoms with Crippen molar-refractivity contribution in [2.75, 3.05) is 49.1 Å². The van der Waals surface area contributed by atoms with Crippen LogP contribution >= 0.6 is 0 Å². The number of pyridine rings is 1. The SMILES string of the molecule is Cc1cccc(N2CCN(C(=O)c3ccnc(N4CCCCC4)c3)CC2)c1. The number of aryl methyl sites for hydroxylation is 1. The summed E-state index contributed by atoms with van der Waals surface area (Å²) >= 11 is 0. The quantitative estimate of drug-likeness (QED) is 0.837. The van der Waals surface area contributed by atoms with Gasteiger partial charge in [-0.25, -0.2) is 4.98 Å². The number of piperazine rings is 1. The first-order chi connectivity index (χ1) is 13.2. The maximum atomic E-state index is 13.0. The van der Waals surface area contributed by atoms with Gasteiger partial charge in [0.2, 0.25) is 0 Å². The summed E-state index contributed by atoms with van der Waals surface area (Å²) < 4.78 is 0. The molecule has 0 saturated carbocycles. The highest BCUT2D eigenvalue weighted by atomic mass is 16.2. The maximum Gasteiger partial charge on any atom is 0.254 e. The Kier molecular flexibility index (Phi) is 5.28. The van der Waals surface area contributed by atoms with Gasteiger partial charge in [-0.3, -0.25) is 4.79 Å². The molecule has 5 nitrogen and oxygen atoms in total. The summed E-state index contributed by atoms with van der Waals surface area (Å²) in [5.41, 5.74) is 3.28. The molecule has 5 heteroatoms. The second-order valence-corrected chi connectivity index (χ2v) is 7.57. The van der Waals surface area contributed by atoms with Gasteiger partial charge in [-0.15, -0.1) is 0 Å². The lowest BCUT2D eigenvalue weighted by Gasteiger charge is -2.36. The monoisotopic (exact) mass is 364 g/mol. The van der Waals surface area contributed by atoms with E-state index in [1.807, 2.05) is 17.0 Å². The van der Waals surface area contributed by atoms with Crippen LogP contribution < -0.4 is 9.80 Å². The van der Waals surface area contributed by atoms with Crippen molar-refractivity contribution < 1.29 is 4.79 Å². The van der Waals surface area contributed by atoms with Crippen LogP contribution in [0.25, 0.3) is 0 Å². The number of amides is 1. The standard InChI is InChI=1S/C22H28N4O/c1-18-6-5-7-20(16-18)24-12-14-26(15-13-24)22(27)19-8-9-23-21(17-19)25-10-3-2-4-11-25/h5-9,16-17H,2-4,10-15H2,1H3. The number of nitrogens with zero attached hydrogens (tertiary/aromatic N) is 4. The number of hydrogen-bond donors (Lipinski definition) is 0. The molecule has 4 rings (SSSR count). The molecule has 0 atom stereocenters. The van der Waals surface area contributed by atoms with Crippen molar-refractivity contribution in [1.82, 2.24) is 9.88 Å². The summed E-state index contributed by atoms with van der Waals surface area (Å²) in [6.07, 6.45) is 5.49. The van der Waals surface area contributed by atoms with Crippen LogP contribution in [-0.4, -0.2) is 55.1 Å². The van der Waals surface area contributed by atoms with Crippen molar-refractivity contribution in [2.45, 2.75) is 26.2 Å². The Morgan fingerprint density at radius 2 is 1.67 bits per heavy atom. The van der Waals surface area contributed by atoms with E-state index in [-0.39, 0.29) is 5.91 Å². The molecule has 27 heavy (non-hydrogen) atoms. The zero-order chi connectivity index (χ0) is 18.6. The Morgan fingerprint density at radius 3 is 2.41 bits per heavy atom. The molecule has 0 spiro atoms. The molecule has 0 aliphatic carbocycles. The van der Waals surface area contributed by atoms with E-state index in [4.69, 9.17) is 0 Å². The molecule has 2 aliphatic rings. The summed E-state index contributed by atoms with van der Waals surface area (Å²) in [6, 6.07) is 12.4. The molecule has 0 radical (unpaired) electrons. The molecule has 2 aromatic rings. The largest absolute Gasteiger partial charge is 0.368 e. The number of benzene rings is 1. The Balaban J connectivity index is 1.40. The normalized spacial score (nSPS) is 17.9. The fourth-order valence-electron chi connectivity index (χ4n) is 4.02. The van der Waals surface area contributed by atoms with Crippen LogP contribution in [-0.2, 0) is 0 Å². The zero-order valence-corrected chi connectivity index (χ0v) is 16.1. The summed E-state index contributed by atoms with van der Waals surface area (Å²) in [5, 5.41) is 0. The second kappa shape index (κ2) is 7.99. The molecule has 3 heterocycles. The van der Waals surface area contributed by atoms with Gasteiger partial charge in [0.15, 0.2) is 0 Å². The van der Waals surface area contributed by atoms with Gasteiger partial charge >= 0.3 is 0 Å². The van der Waals surface area contributed by atoms with E-state index in [0.29, 0.717) is 0 Å². The fourth-order valence-corrected chi connectivity index (χ4v) is 4.02. The van der Waals surface area contributed by atoms with Gasteiger partial charge in [0, 0.05) is 56.7 Å². The third kappa shape index (κ3) is 4.07. The van der Waals surface area contributed by atoms with Crippen LogP contribution in [0, 0.1) is 6.92 Å². The summed E-state index contributed by atoms with van der Waals surface area (Å²) in [6.45, 7) is 7.47. The second-order valence-electron chi connectivity index (χ2n) is 7.57. The van der Waals surface area contributed by atoms with E-state index in [2.05, 4.69) is 46.0 Å². The maximum absolute atomic E-state index is 13.0. The van der Waals surface area contributed by atoms with Crippen LogP contribution in [0.4, 0.5) is 11.5 Å². The molecule has 1 aromatic carbocycles. The van der Waals surface area contributed by atoms with Gasteiger partial charge in [0.05, 0.1) is 0 Å². The molecule has 1 aromatic heterocycles. The third-order valence-electron chi connectivity index (χ3n) is 5.61. The van der Waals surface area contributed by atoms with Crippen molar-refractivity contribution >= 4 is 17.4 Å². The van der Waals surface area contributed by atoms with E-state index in [1.54, 1.807) is 6.20 Å². The highest BCUT2D eigenvalue weighted by Gasteiger charge is 2.23. The molecular weight excluding hydrogens is 336 g/mol. The summed E-state index contributed by atoms with van der Waals surface area (Å²) in [5.74, 6) is 1.07. The number of hydrogen-bond acceptors (Lipinski definition) is 4. The first-order valence-corrected chi connectivity index (χ1v) is 10.0. The van der Waals surface area contributed by atoms with Crippen LogP contribution in [0.3, 0.4) is 0 Å². The Bertz CT molecular complexity index is 792. The molecule has 2 saturated heterocycles. The lowest BCUT2D eigenvalue weighted by molar-refractivity contribution is 0.0746. The van der Waals surface area contributed by atoms with Crippen LogP contribution in [0.1, 0.15) is 35.2 Å². The van der Waals surface area contributed by atoms with E-state index in [1.165, 1.54) is 30.5 Å². The molecule has 0 bridgehead atoms. The number of carbonyl (C=O) groups is 1. The van der Waals surface area contributed by atoms with Crippen molar-refractivity contribution in [1.29, 1.82) is 0 Å². The van der Waals surface area contributed by atoms with Gasteiger partial charge in [-0.05, 0) is 56.0 Å². The van der Waals surface area contributed by atoms with Gasteiger partial charge in [0.1, 0.15) is 5.82 Å². The highest BCUT2D eigenvalue weighted by molar-refractivity contribution is 5.95. The minimum Gasteiger partial charge on any atom is -0.368 e. The minimum atomic E-state index is 0.125. The minimum absolute atomic E-state index is 0.125. The van der Waals surface area contributed by atoms with Crippen molar-refractivity contribution in [2.24, 2.45) is 0 Å². The number of anilines is 2. The smallest absolute Gasteiger partial charge is 0.254 e. The Labute approximate surface area is 161 Å². The van der Waals surface area contributed by atoms with Crippen LogP contribution in [0.5, 0.6) is 0 Å². The number of carbonyl (C=O) groups excluding carboxylic acids is 1. The predicted octanol–water partition coefficient (Wildman–Crippen LogP) is 3.34. The zero-order valence-electron chi connectivity index (χ0n) is 16.1. The van der Waals surface area contributed by atoms with Crippen molar-refractivity contribution in [3.63, 3.8) is 0 Å². The van der Waals surface area contributed by atoms with Crippen molar-refractivity contribution in [3.8, 4) is 0 Å². The molecule has 2 aliphatic heterocycles. The van der Waals surface area contributed by atoms with Crippen molar-refractivity contribution in [3.05, 3.63) is 53.7 Å². The lowest BCUT2D eigenvalue weighted by Crippen LogP contribution is -2.48. The fraction of sp³-hybridized carbons (Fsp3) is 0.455. The van der Waals surface area contributed by atoms with Gasteiger partial charge in [-0.2, -0.15) is 0 Å². The average molecular weight is 364 g/mol. The average Bonchev–Trinajstić information content (AvgIpc) is 2.74. The molecule has 1 amide bonds.